The van der Waals surface area contributed by atoms with Crippen molar-refractivity contribution in [3.8, 4) is 11.2 Å². The van der Waals surface area contributed by atoms with Crippen LogP contribution >= 0.6 is 11.8 Å². The SMILES string of the molecule is CCC#CSC(=C(C)C)c1ccc(C(NC=O)C(C)C)cc1. The summed E-state index contributed by atoms with van der Waals surface area (Å²) >= 11 is 1.58. The van der Waals surface area contributed by atoms with E-state index >= 15 is 0 Å². The standard InChI is InChI=1S/C19H25NOS/c1-6-7-12-22-19(15(4)5)17-10-8-16(9-11-17)18(14(2)3)20-13-21/h8-11,13-14,18H,6H2,1-5H3,(H,20,21). The lowest BCUT2D eigenvalue weighted by Gasteiger charge is -2.21. The van der Waals surface area contributed by atoms with Crippen LogP contribution in [0.2, 0.25) is 0 Å². The first-order chi connectivity index (χ1) is 10.5. The van der Waals surface area contributed by atoms with E-state index in [2.05, 4.69) is 75.4 Å². The summed E-state index contributed by atoms with van der Waals surface area (Å²) in [5.41, 5.74) is 3.56. The molecule has 1 aromatic rings. The van der Waals surface area contributed by atoms with Crippen molar-refractivity contribution in [2.45, 2.75) is 47.1 Å². The molecule has 0 heterocycles. The van der Waals surface area contributed by atoms with E-state index in [4.69, 9.17) is 0 Å². The van der Waals surface area contributed by atoms with Crippen molar-refractivity contribution in [2.75, 3.05) is 0 Å². The molecule has 0 aromatic heterocycles. The van der Waals surface area contributed by atoms with Gasteiger partial charge in [-0.25, -0.2) is 0 Å². The molecule has 1 rings (SSSR count). The second kappa shape index (κ2) is 9.38. The van der Waals surface area contributed by atoms with E-state index in [0.717, 1.165) is 18.4 Å². The van der Waals surface area contributed by atoms with Crippen LogP contribution in [0.4, 0.5) is 0 Å². The molecule has 0 fully saturated rings. The van der Waals surface area contributed by atoms with Gasteiger partial charge >= 0.3 is 0 Å². The molecule has 2 nitrogen and oxygen atoms in total. The molecule has 0 saturated heterocycles. The number of benzene rings is 1. The fourth-order valence-corrected chi connectivity index (χ4v) is 2.97. The van der Waals surface area contributed by atoms with Crippen molar-refractivity contribution in [1.82, 2.24) is 5.32 Å². The van der Waals surface area contributed by atoms with Gasteiger partial charge in [-0.05, 0) is 47.9 Å². The minimum Gasteiger partial charge on any atom is -0.352 e. The monoisotopic (exact) mass is 315 g/mol. The lowest BCUT2D eigenvalue weighted by Crippen LogP contribution is -2.24. The topological polar surface area (TPSA) is 29.1 Å². The van der Waals surface area contributed by atoms with Gasteiger partial charge in [0.1, 0.15) is 0 Å². The fraction of sp³-hybridized carbons (Fsp3) is 0.421. The van der Waals surface area contributed by atoms with Crippen LogP contribution in [-0.2, 0) is 4.79 Å². The Bertz CT molecular complexity index is 572. The fourth-order valence-electron chi connectivity index (χ4n) is 2.20. The van der Waals surface area contributed by atoms with E-state index in [9.17, 15) is 4.79 Å². The highest BCUT2D eigenvalue weighted by molar-refractivity contribution is 8.12. The van der Waals surface area contributed by atoms with E-state index in [1.807, 2.05) is 0 Å². The van der Waals surface area contributed by atoms with Crippen LogP contribution in [-0.4, -0.2) is 6.41 Å². The Labute approximate surface area is 138 Å². The largest absolute Gasteiger partial charge is 0.352 e. The van der Waals surface area contributed by atoms with Gasteiger partial charge in [-0.15, -0.1) is 0 Å². The average Bonchev–Trinajstić information content (AvgIpc) is 2.49. The zero-order chi connectivity index (χ0) is 16.5. The Morgan fingerprint density at radius 1 is 1.27 bits per heavy atom. The van der Waals surface area contributed by atoms with Crippen LogP contribution in [0, 0.1) is 17.1 Å². The van der Waals surface area contributed by atoms with E-state index in [-0.39, 0.29) is 6.04 Å². The van der Waals surface area contributed by atoms with E-state index < -0.39 is 0 Å². The summed E-state index contributed by atoms with van der Waals surface area (Å²) in [5, 5.41) is 6.03. The van der Waals surface area contributed by atoms with Crippen LogP contribution in [0.5, 0.6) is 0 Å². The zero-order valence-corrected chi connectivity index (χ0v) is 14.9. The highest BCUT2D eigenvalue weighted by Gasteiger charge is 2.15. The molecular formula is C19H25NOS. The molecule has 0 radical (unpaired) electrons. The van der Waals surface area contributed by atoms with Crippen LogP contribution in [0.15, 0.2) is 29.8 Å². The van der Waals surface area contributed by atoms with Gasteiger partial charge in [0.15, 0.2) is 0 Å². The van der Waals surface area contributed by atoms with Crippen molar-refractivity contribution >= 4 is 23.1 Å². The molecule has 1 aromatic carbocycles. The van der Waals surface area contributed by atoms with Crippen LogP contribution in [0.3, 0.4) is 0 Å². The number of hydrogen-bond donors (Lipinski definition) is 1. The van der Waals surface area contributed by atoms with Crippen molar-refractivity contribution in [2.24, 2.45) is 5.92 Å². The maximum absolute atomic E-state index is 10.8. The molecule has 0 aliphatic carbocycles. The Balaban J connectivity index is 3.03. The third kappa shape index (κ3) is 5.27. The zero-order valence-electron chi connectivity index (χ0n) is 14.1. The summed E-state index contributed by atoms with van der Waals surface area (Å²) in [7, 11) is 0. The highest BCUT2D eigenvalue weighted by Crippen LogP contribution is 2.31. The second-order valence-corrected chi connectivity index (χ2v) is 6.51. The minimum atomic E-state index is 0.0502. The van der Waals surface area contributed by atoms with Gasteiger partial charge in [0.25, 0.3) is 0 Å². The van der Waals surface area contributed by atoms with Gasteiger partial charge in [0.2, 0.25) is 6.41 Å². The Morgan fingerprint density at radius 3 is 2.36 bits per heavy atom. The maximum atomic E-state index is 10.8. The Hall–Kier alpha value is -1.66. The maximum Gasteiger partial charge on any atom is 0.207 e. The predicted molar refractivity (Wildman–Crippen MR) is 97.1 cm³/mol. The molecule has 0 aliphatic rings. The molecule has 0 bridgehead atoms. The molecule has 1 amide bonds. The molecule has 22 heavy (non-hydrogen) atoms. The van der Waals surface area contributed by atoms with Gasteiger partial charge in [-0.2, -0.15) is 0 Å². The van der Waals surface area contributed by atoms with Crippen molar-refractivity contribution in [3.63, 3.8) is 0 Å². The van der Waals surface area contributed by atoms with Crippen LogP contribution < -0.4 is 5.32 Å². The van der Waals surface area contributed by atoms with Gasteiger partial charge in [-0.3, -0.25) is 4.79 Å². The highest BCUT2D eigenvalue weighted by atomic mass is 32.2. The molecule has 0 spiro atoms. The summed E-state index contributed by atoms with van der Waals surface area (Å²) in [6.07, 6.45) is 1.64. The van der Waals surface area contributed by atoms with Crippen molar-refractivity contribution < 1.29 is 4.79 Å². The average molecular weight is 315 g/mol. The molecule has 118 valence electrons. The molecular weight excluding hydrogens is 290 g/mol. The third-order valence-corrected chi connectivity index (χ3v) is 4.40. The predicted octanol–water partition coefficient (Wildman–Crippen LogP) is 4.98. The van der Waals surface area contributed by atoms with Gasteiger partial charge in [-0.1, -0.05) is 56.5 Å². The Morgan fingerprint density at radius 2 is 1.91 bits per heavy atom. The van der Waals surface area contributed by atoms with E-state index in [1.54, 1.807) is 11.8 Å². The first-order valence-electron chi connectivity index (χ1n) is 7.63. The van der Waals surface area contributed by atoms with E-state index in [1.165, 1.54) is 16.0 Å². The first kappa shape index (κ1) is 18.4. The lowest BCUT2D eigenvalue weighted by molar-refractivity contribution is -0.110. The number of thioether (sulfide) groups is 1. The normalized spacial score (nSPS) is 11.4. The molecule has 0 saturated carbocycles. The van der Waals surface area contributed by atoms with Crippen molar-refractivity contribution in [3.05, 3.63) is 41.0 Å². The lowest BCUT2D eigenvalue weighted by atomic mass is 9.95. The number of carbonyl (C=O) groups is 1. The first-order valence-corrected chi connectivity index (χ1v) is 8.45. The number of nitrogens with one attached hydrogen (secondary N) is 1. The molecule has 1 atom stereocenters. The summed E-state index contributed by atoms with van der Waals surface area (Å²) in [4.78, 5) is 12.0. The van der Waals surface area contributed by atoms with Crippen LogP contribution in [0.25, 0.3) is 4.91 Å². The molecule has 3 heteroatoms. The second-order valence-electron chi connectivity index (χ2n) is 5.69. The minimum absolute atomic E-state index is 0.0502. The number of carbonyl (C=O) groups excluding carboxylic acids is 1. The summed E-state index contributed by atoms with van der Waals surface area (Å²) in [6.45, 7) is 10.5. The van der Waals surface area contributed by atoms with Gasteiger partial charge in [0, 0.05) is 11.3 Å². The van der Waals surface area contributed by atoms with E-state index in [0.29, 0.717) is 5.92 Å². The number of amides is 1. The summed E-state index contributed by atoms with van der Waals surface area (Å²) in [6, 6.07) is 8.45. The van der Waals surface area contributed by atoms with Gasteiger partial charge < -0.3 is 5.32 Å². The quantitative estimate of drug-likeness (QED) is 0.592. The summed E-state index contributed by atoms with van der Waals surface area (Å²) < 4.78 is 0. The van der Waals surface area contributed by atoms with Crippen molar-refractivity contribution in [1.29, 1.82) is 0 Å². The number of rotatable bonds is 6. The number of hydrogen-bond acceptors (Lipinski definition) is 2. The van der Waals surface area contributed by atoms with Crippen LogP contribution in [0.1, 0.15) is 58.2 Å². The van der Waals surface area contributed by atoms with Gasteiger partial charge in [0.05, 0.1) is 6.04 Å². The smallest absolute Gasteiger partial charge is 0.207 e. The number of allylic oxidation sites excluding steroid dienone is 1. The molecule has 0 aliphatic heterocycles. The Kier molecular flexibility index (Phi) is 7.84. The molecule has 1 N–H and O–H groups in total. The third-order valence-electron chi connectivity index (χ3n) is 3.30. The molecule has 1 unspecified atom stereocenters. The summed E-state index contributed by atoms with van der Waals surface area (Å²) in [5.74, 6) is 3.45.